The van der Waals surface area contributed by atoms with Gasteiger partial charge in [-0.2, -0.15) is 0 Å². The molecule has 0 bridgehead atoms. The molecular formula is C9H15ClO3. The van der Waals surface area contributed by atoms with Crippen molar-refractivity contribution in [3.63, 3.8) is 0 Å². The van der Waals surface area contributed by atoms with E-state index in [1.54, 1.807) is 6.92 Å². The van der Waals surface area contributed by atoms with Crippen LogP contribution in [0.4, 0.5) is 0 Å². The van der Waals surface area contributed by atoms with Gasteiger partial charge in [-0.15, -0.1) is 11.6 Å². The topological polar surface area (TPSA) is 35.5 Å². The summed E-state index contributed by atoms with van der Waals surface area (Å²) in [7, 11) is 0. The lowest BCUT2D eigenvalue weighted by Gasteiger charge is -2.05. The SMILES string of the molecule is C=COCCCCOC(=O)C(C)Cl. The van der Waals surface area contributed by atoms with Crippen LogP contribution in [-0.4, -0.2) is 24.6 Å². The summed E-state index contributed by atoms with van der Waals surface area (Å²) in [5.74, 6) is -0.369. The summed E-state index contributed by atoms with van der Waals surface area (Å²) in [6, 6.07) is 0. The molecule has 0 saturated heterocycles. The van der Waals surface area contributed by atoms with Gasteiger partial charge < -0.3 is 9.47 Å². The Morgan fingerprint density at radius 2 is 2.15 bits per heavy atom. The highest BCUT2D eigenvalue weighted by atomic mass is 35.5. The number of esters is 1. The summed E-state index contributed by atoms with van der Waals surface area (Å²) in [6.45, 7) is 6.00. The van der Waals surface area contributed by atoms with Crippen molar-refractivity contribution in [2.24, 2.45) is 0 Å². The van der Waals surface area contributed by atoms with E-state index in [2.05, 4.69) is 6.58 Å². The first-order valence-electron chi connectivity index (χ1n) is 4.21. The molecule has 0 radical (unpaired) electrons. The number of carbonyl (C=O) groups is 1. The van der Waals surface area contributed by atoms with E-state index in [1.165, 1.54) is 6.26 Å². The Labute approximate surface area is 83.7 Å². The second-order valence-corrected chi connectivity index (χ2v) is 3.18. The van der Waals surface area contributed by atoms with E-state index < -0.39 is 5.38 Å². The summed E-state index contributed by atoms with van der Waals surface area (Å²) in [5.41, 5.74) is 0. The van der Waals surface area contributed by atoms with Crippen LogP contribution in [0.15, 0.2) is 12.8 Å². The van der Waals surface area contributed by atoms with Crippen molar-refractivity contribution in [1.29, 1.82) is 0 Å². The van der Waals surface area contributed by atoms with Gasteiger partial charge in [0.05, 0.1) is 19.5 Å². The maximum absolute atomic E-state index is 10.8. The van der Waals surface area contributed by atoms with Crippen molar-refractivity contribution >= 4 is 17.6 Å². The van der Waals surface area contributed by atoms with Crippen LogP contribution >= 0.6 is 11.6 Å². The van der Waals surface area contributed by atoms with Gasteiger partial charge in [-0.1, -0.05) is 6.58 Å². The predicted octanol–water partition coefficient (Wildman–Crippen LogP) is 2.10. The van der Waals surface area contributed by atoms with Crippen molar-refractivity contribution in [3.8, 4) is 0 Å². The number of hydrogen-bond acceptors (Lipinski definition) is 3. The molecule has 0 aliphatic rings. The molecule has 0 saturated carbocycles. The molecule has 0 aromatic carbocycles. The molecule has 0 rings (SSSR count). The molecule has 3 nitrogen and oxygen atoms in total. The number of rotatable bonds is 7. The number of hydrogen-bond donors (Lipinski definition) is 0. The van der Waals surface area contributed by atoms with Gasteiger partial charge in [-0.3, -0.25) is 4.79 Å². The Morgan fingerprint density at radius 3 is 2.69 bits per heavy atom. The highest BCUT2D eigenvalue weighted by Crippen LogP contribution is 1.98. The van der Waals surface area contributed by atoms with Crippen LogP contribution in [0.2, 0.25) is 0 Å². The molecule has 0 aliphatic carbocycles. The quantitative estimate of drug-likeness (QED) is 0.277. The van der Waals surface area contributed by atoms with E-state index >= 15 is 0 Å². The van der Waals surface area contributed by atoms with Crippen molar-refractivity contribution in [3.05, 3.63) is 12.8 Å². The third-order valence-electron chi connectivity index (χ3n) is 1.34. The first-order chi connectivity index (χ1) is 6.18. The van der Waals surface area contributed by atoms with E-state index in [4.69, 9.17) is 21.1 Å². The molecule has 0 N–H and O–H groups in total. The Kier molecular flexibility index (Phi) is 7.50. The molecule has 1 unspecified atom stereocenters. The molecule has 0 aromatic rings. The molecule has 0 aromatic heterocycles. The number of unbranched alkanes of at least 4 members (excludes halogenated alkanes) is 1. The molecule has 0 fully saturated rings. The van der Waals surface area contributed by atoms with Crippen molar-refractivity contribution in [2.45, 2.75) is 25.1 Å². The minimum absolute atomic E-state index is 0.369. The van der Waals surface area contributed by atoms with Crippen LogP contribution < -0.4 is 0 Å². The third kappa shape index (κ3) is 7.65. The van der Waals surface area contributed by atoms with E-state index in [1.807, 2.05) is 0 Å². The predicted molar refractivity (Wildman–Crippen MR) is 51.7 cm³/mol. The van der Waals surface area contributed by atoms with Crippen LogP contribution in [0, 0.1) is 0 Å². The maximum Gasteiger partial charge on any atom is 0.323 e. The smallest absolute Gasteiger partial charge is 0.323 e. The Bertz CT molecular complexity index is 157. The lowest BCUT2D eigenvalue weighted by atomic mass is 10.3. The van der Waals surface area contributed by atoms with E-state index in [0.717, 1.165) is 12.8 Å². The molecule has 76 valence electrons. The van der Waals surface area contributed by atoms with Crippen LogP contribution in [-0.2, 0) is 14.3 Å². The van der Waals surface area contributed by atoms with Gasteiger partial charge in [0.15, 0.2) is 0 Å². The molecule has 0 heterocycles. The fourth-order valence-corrected chi connectivity index (χ4v) is 0.721. The van der Waals surface area contributed by atoms with Crippen LogP contribution in [0.25, 0.3) is 0 Å². The Morgan fingerprint density at radius 1 is 1.54 bits per heavy atom. The van der Waals surface area contributed by atoms with Crippen molar-refractivity contribution < 1.29 is 14.3 Å². The number of carbonyl (C=O) groups excluding carboxylic acids is 1. The minimum Gasteiger partial charge on any atom is -0.502 e. The van der Waals surface area contributed by atoms with Gasteiger partial charge in [-0.05, 0) is 19.8 Å². The molecule has 13 heavy (non-hydrogen) atoms. The first kappa shape index (κ1) is 12.3. The maximum atomic E-state index is 10.8. The summed E-state index contributed by atoms with van der Waals surface area (Å²) in [5, 5.41) is -0.565. The summed E-state index contributed by atoms with van der Waals surface area (Å²) >= 11 is 5.48. The van der Waals surface area contributed by atoms with Gasteiger partial charge in [0.1, 0.15) is 5.38 Å². The van der Waals surface area contributed by atoms with Gasteiger partial charge >= 0.3 is 5.97 Å². The fourth-order valence-electron chi connectivity index (χ4n) is 0.658. The standard InChI is InChI=1S/C9H15ClO3/c1-3-12-6-4-5-7-13-9(11)8(2)10/h3,8H,1,4-7H2,2H3. The Hall–Kier alpha value is -0.700. The minimum atomic E-state index is -0.565. The third-order valence-corrected chi connectivity index (χ3v) is 1.52. The highest BCUT2D eigenvalue weighted by Gasteiger charge is 2.09. The van der Waals surface area contributed by atoms with Gasteiger partial charge in [-0.25, -0.2) is 0 Å². The van der Waals surface area contributed by atoms with Gasteiger partial charge in [0.2, 0.25) is 0 Å². The molecule has 4 heteroatoms. The number of halogens is 1. The average molecular weight is 207 g/mol. The zero-order valence-corrected chi connectivity index (χ0v) is 8.55. The zero-order valence-electron chi connectivity index (χ0n) is 7.79. The molecular weight excluding hydrogens is 192 g/mol. The van der Waals surface area contributed by atoms with Crippen LogP contribution in [0.5, 0.6) is 0 Å². The highest BCUT2D eigenvalue weighted by molar-refractivity contribution is 6.29. The second-order valence-electron chi connectivity index (χ2n) is 2.53. The lowest BCUT2D eigenvalue weighted by molar-refractivity contribution is -0.143. The largest absolute Gasteiger partial charge is 0.502 e. The van der Waals surface area contributed by atoms with Crippen LogP contribution in [0.1, 0.15) is 19.8 Å². The zero-order chi connectivity index (χ0) is 10.1. The molecule has 1 atom stereocenters. The summed E-state index contributed by atoms with van der Waals surface area (Å²) in [6.07, 6.45) is 3.02. The molecule has 0 amide bonds. The van der Waals surface area contributed by atoms with Crippen molar-refractivity contribution in [1.82, 2.24) is 0 Å². The van der Waals surface area contributed by atoms with Gasteiger partial charge in [0, 0.05) is 0 Å². The number of ether oxygens (including phenoxy) is 2. The summed E-state index contributed by atoms with van der Waals surface area (Å²) in [4.78, 5) is 10.8. The van der Waals surface area contributed by atoms with E-state index in [0.29, 0.717) is 13.2 Å². The normalized spacial score (nSPS) is 11.8. The molecule has 0 aliphatic heterocycles. The second kappa shape index (κ2) is 7.92. The summed E-state index contributed by atoms with van der Waals surface area (Å²) < 4.78 is 9.72. The average Bonchev–Trinajstić information content (AvgIpc) is 2.10. The molecule has 0 spiro atoms. The van der Waals surface area contributed by atoms with Crippen molar-refractivity contribution in [2.75, 3.05) is 13.2 Å². The van der Waals surface area contributed by atoms with Gasteiger partial charge in [0.25, 0.3) is 0 Å². The Balaban J connectivity index is 3.16. The first-order valence-corrected chi connectivity index (χ1v) is 4.65. The number of alkyl halides is 1. The van der Waals surface area contributed by atoms with E-state index in [-0.39, 0.29) is 5.97 Å². The van der Waals surface area contributed by atoms with Crippen LogP contribution in [0.3, 0.4) is 0 Å². The lowest BCUT2D eigenvalue weighted by Crippen LogP contribution is -2.15. The fraction of sp³-hybridized carbons (Fsp3) is 0.667. The van der Waals surface area contributed by atoms with E-state index in [9.17, 15) is 4.79 Å². The monoisotopic (exact) mass is 206 g/mol.